The fraction of sp³-hybridized carbons (Fsp3) is 0.308. The summed E-state index contributed by atoms with van der Waals surface area (Å²) in [4.78, 5) is 0. The molecule has 1 aromatic heterocycles. The Morgan fingerprint density at radius 3 is 2.94 bits per heavy atom. The van der Waals surface area contributed by atoms with Gasteiger partial charge in [0.05, 0.1) is 6.20 Å². The van der Waals surface area contributed by atoms with Crippen molar-refractivity contribution < 1.29 is 0 Å². The Labute approximate surface area is 120 Å². The largest absolute Gasteiger partial charge is 0.324 e. The third-order valence-corrected chi connectivity index (χ3v) is 3.70. The monoisotopic (exact) mass is 327 g/mol. The first-order valence-electron chi connectivity index (χ1n) is 5.74. The topological polar surface area (TPSA) is 43.8 Å². The molecule has 0 saturated carbocycles. The third-order valence-electron chi connectivity index (χ3n) is 2.86. The van der Waals surface area contributed by atoms with Gasteiger partial charge in [0.2, 0.25) is 0 Å². The van der Waals surface area contributed by atoms with Crippen molar-refractivity contribution in [1.29, 1.82) is 0 Å². The summed E-state index contributed by atoms with van der Waals surface area (Å²) < 4.78 is 2.80. The zero-order chi connectivity index (χ0) is 13.1. The zero-order valence-corrected chi connectivity index (χ0v) is 12.4. The van der Waals surface area contributed by atoms with E-state index in [1.165, 1.54) is 5.56 Å². The van der Waals surface area contributed by atoms with Crippen molar-refractivity contribution in [2.24, 2.45) is 12.8 Å². The van der Waals surface area contributed by atoms with Crippen molar-refractivity contribution in [2.75, 3.05) is 0 Å². The number of rotatable bonds is 4. The highest BCUT2D eigenvalue weighted by atomic mass is 79.9. The molecule has 0 bridgehead atoms. The average molecular weight is 329 g/mol. The maximum absolute atomic E-state index is 6.19. The van der Waals surface area contributed by atoms with Crippen molar-refractivity contribution in [3.05, 3.63) is 51.2 Å². The number of aromatic nitrogens is 2. The summed E-state index contributed by atoms with van der Waals surface area (Å²) in [5.74, 6) is 0. The number of hydrogen-bond donors (Lipinski definition) is 1. The first-order valence-corrected chi connectivity index (χ1v) is 6.91. The average Bonchev–Trinajstić information content (AvgIpc) is 2.75. The molecule has 2 rings (SSSR count). The van der Waals surface area contributed by atoms with Gasteiger partial charge in [0.25, 0.3) is 0 Å². The van der Waals surface area contributed by atoms with Crippen molar-refractivity contribution in [2.45, 2.75) is 18.9 Å². The molecule has 96 valence electrons. The standard InChI is InChI=1S/C13H15BrClN3/c1-18-8-9(7-17-18)2-5-13(16)11-6-10(14)3-4-12(11)15/h3-4,6-8,13H,2,5,16H2,1H3. The Morgan fingerprint density at radius 2 is 2.28 bits per heavy atom. The van der Waals surface area contributed by atoms with Gasteiger partial charge in [-0.2, -0.15) is 5.10 Å². The smallest absolute Gasteiger partial charge is 0.0521 e. The van der Waals surface area contributed by atoms with E-state index in [1.54, 1.807) is 4.68 Å². The van der Waals surface area contributed by atoms with E-state index in [0.29, 0.717) is 0 Å². The van der Waals surface area contributed by atoms with E-state index < -0.39 is 0 Å². The minimum absolute atomic E-state index is 0.0600. The number of benzene rings is 1. The van der Waals surface area contributed by atoms with Gasteiger partial charge in [-0.3, -0.25) is 4.68 Å². The fourth-order valence-electron chi connectivity index (χ4n) is 1.88. The predicted molar refractivity (Wildman–Crippen MR) is 77.6 cm³/mol. The first-order chi connectivity index (χ1) is 8.56. The van der Waals surface area contributed by atoms with Gasteiger partial charge < -0.3 is 5.73 Å². The highest BCUT2D eigenvalue weighted by molar-refractivity contribution is 9.10. The van der Waals surface area contributed by atoms with Gasteiger partial charge in [-0.05, 0) is 42.2 Å². The molecular formula is C13H15BrClN3. The molecule has 3 nitrogen and oxygen atoms in total. The van der Waals surface area contributed by atoms with E-state index in [1.807, 2.05) is 37.6 Å². The Hall–Kier alpha value is -0.840. The van der Waals surface area contributed by atoms with E-state index in [9.17, 15) is 0 Å². The number of aryl methyl sites for hydroxylation is 2. The normalized spacial score (nSPS) is 12.7. The van der Waals surface area contributed by atoms with Crippen LogP contribution in [-0.2, 0) is 13.5 Å². The second-order valence-corrected chi connectivity index (χ2v) is 5.66. The van der Waals surface area contributed by atoms with Crippen LogP contribution < -0.4 is 5.73 Å². The molecule has 1 heterocycles. The Kier molecular flexibility index (Phi) is 4.43. The Bertz CT molecular complexity index is 539. The summed E-state index contributed by atoms with van der Waals surface area (Å²) >= 11 is 9.60. The molecule has 0 spiro atoms. The van der Waals surface area contributed by atoms with Crippen LogP contribution in [-0.4, -0.2) is 9.78 Å². The zero-order valence-electron chi connectivity index (χ0n) is 10.1. The van der Waals surface area contributed by atoms with Gasteiger partial charge in [0.1, 0.15) is 0 Å². The van der Waals surface area contributed by atoms with E-state index >= 15 is 0 Å². The molecule has 0 aliphatic rings. The van der Waals surface area contributed by atoms with Crippen LogP contribution in [0, 0.1) is 0 Å². The maximum atomic E-state index is 6.19. The summed E-state index contributed by atoms with van der Waals surface area (Å²) in [6.07, 6.45) is 5.63. The molecule has 2 aromatic rings. The van der Waals surface area contributed by atoms with Gasteiger partial charge in [-0.1, -0.05) is 27.5 Å². The van der Waals surface area contributed by atoms with E-state index in [-0.39, 0.29) is 6.04 Å². The lowest BCUT2D eigenvalue weighted by molar-refractivity contribution is 0.650. The number of hydrogen-bond acceptors (Lipinski definition) is 2. The third kappa shape index (κ3) is 3.34. The van der Waals surface area contributed by atoms with Crippen LogP contribution >= 0.6 is 27.5 Å². The van der Waals surface area contributed by atoms with Crippen molar-refractivity contribution in [3.8, 4) is 0 Å². The lowest BCUT2D eigenvalue weighted by atomic mass is 10.0. The molecule has 0 saturated heterocycles. The van der Waals surface area contributed by atoms with E-state index in [0.717, 1.165) is 27.9 Å². The molecule has 18 heavy (non-hydrogen) atoms. The second kappa shape index (κ2) is 5.87. The van der Waals surface area contributed by atoms with Crippen LogP contribution in [0.3, 0.4) is 0 Å². The summed E-state index contributed by atoms with van der Waals surface area (Å²) in [5, 5.41) is 4.86. The molecular weight excluding hydrogens is 314 g/mol. The van der Waals surface area contributed by atoms with E-state index in [2.05, 4.69) is 21.0 Å². The van der Waals surface area contributed by atoms with E-state index in [4.69, 9.17) is 17.3 Å². The molecule has 5 heteroatoms. The lowest BCUT2D eigenvalue weighted by Crippen LogP contribution is -2.11. The summed E-state index contributed by atoms with van der Waals surface area (Å²) in [6.45, 7) is 0. The number of nitrogens with zero attached hydrogens (tertiary/aromatic N) is 2. The second-order valence-electron chi connectivity index (χ2n) is 4.33. The molecule has 1 unspecified atom stereocenters. The lowest BCUT2D eigenvalue weighted by Gasteiger charge is -2.13. The van der Waals surface area contributed by atoms with Crippen LogP contribution in [0.4, 0.5) is 0 Å². The number of nitrogens with two attached hydrogens (primary N) is 1. The summed E-state index contributed by atoms with van der Waals surface area (Å²) in [7, 11) is 1.91. The van der Waals surface area contributed by atoms with Crippen LogP contribution in [0.1, 0.15) is 23.6 Å². The van der Waals surface area contributed by atoms with Crippen LogP contribution in [0.5, 0.6) is 0 Å². The molecule has 0 aliphatic heterocycles. The van der Waals surface area contributed by atoms with Crippen molar-refractivity contribution in [3.63, 3.8) is 0 Å². The molecule has 2 N–H and O–H groups in total. The number of halogens is 2. The van der Waals surface area contributed by atoms with Gasteiger partial charge in [-0.25, -0.2) is 0 Å². The SMILES string of the molecule is Cn1cc(CCC(N)c2cc(Br)ccc2Cl)cn1. The van der Waals surface area contributed by atoms with Gasteiger partial charge in [0.15, 0.2) is 0 Å². The summed E-state index contributed by atoms with van der Waals surface area (Å²) in [5.41, 5.74) is 8.36. The molecule has 1 aromatic carbocycles. The van der Waals surface area contributed by atoms with Crippen LogP contribution in [0.2, 0.25) is 5.02 Å². The Morgan fingerprint density at radius 1 is 1.50 bits per heavy atom. The molecule has 0 aliphatic carbocycles. The molecule has 0 amide bonds. The molecule has 0 radical (unpaired) electrons. The molecule has 1 atom stereocenters. The van der Waals surface area contributed by atoms with Crippen molar-refractivity contribution in [1.82, 2.24) is 9.78 Å². The van der Waals surface area contributed by atoms with Crippen LogP contribution in [0.25, 0.3) is 0 Å². The maximum Gasteiger partial charge on any atom is 0.0521 e. The Balaban J connectivity index is 2.03. The highest BCUT2D eigenvalue weighted by Crippen LogP contribution is 2.27. The van der Waals surface area contributed by atoms with Crippen molar-refractivity contribution >= 4 is 27.5 Å². The predicted octanol–water partition coefficient (Wildman–Crippen LogP) is 3.47. The highest BCUT2D eigenvalue weighted by Gasteiger charge is 2.11. The minimum atomic E-state index is -0.0600. The first kappa shape index (κ1) is 13.6. The van der Waals surface area contributed by atoms with Gasteiger partial charge >= 0.3 is 0 Å². The van der Waals surface area contributed by atoms with Gasteiger partial charge in [-0.15, -0.1) is 0 Å². The molecule has 0 fully saturated rings. The minimum Gasteiger partial charge on any atom is -0.324 e. The summed E-state index contributed by atoms with van der Waals surface area (Å²) in [6, 6.07) is 5.70. The van der Waals surface area contributed by atoms with Crippen LogP contribution in [0.15, 0.2) is 35.1 Å². The van der Waals surface area contributed by atoms with Gasteiger partial charge in [0, 0.05) is 28.8 Å². The quantitative estimate of drug-likeness (QED) is 0.934. The fourth-order valence-corrected chi connectivity index (χ4v) is 2.51.